The molecule has 0 heterocycles. The van der Waals surface area contributed by atoms with Crippen molar-refractivity contribution < 1.29 is 9.47 Å². The van der Waals surface area contributed by atoms with Crippen LogP contribution in [0.25, 0.3) is 6.08 Å². The van der Waals surface area contributed by atoms with Crippen LogP contribution in [0.15, 0.2) is 18.2 Å². The maximum Gasteiger partial charge on any atom is 0.161 e. The van der Waals surface area contributed by atoms with Gasteiger partial charge in [-0.2, -0.15) is 0 Å². The molecule has 0 saturated heterocycles. The van der Waals surface area contributed by atoms with E-state index in [2.05, 4.69) is 26.2 Å². The fraction of sp³-hybridized carbons (Fsp3) is 0.529. The Morgan fingerprint density at radius 1 is 1.42 bits per heavy atom. The zero-order valence-corrected chi connectivity index (χ0v) is 12.2. The molecule has 0 N–H and O–H groups in total. The molecule has 1 unspecified atom stereocenters. The van der Waals surface area contributed by atoms with Crippen molar-refractivity contribution in [1.29, 1.82) is 0 Å². The Hall–Kier alpha value is -1.44. The first kappa shape index (κ1) is 15.6. The van der Waals surface area contributed by atoms with Crippen LogP contribution >= 0.6 is 0 Å². The van der Waals surface area contributed by atoms with Crippen LogP contribution in [0, 0.1) is 18.2 Å². The molecule has 1 aromatic rings. The van der Waals surface area contributed by atoms with E-state index in [9.17, 15) is 0 Å². The maximum absolute atomic E-state index is 5.87. The number of methoxy groups -OCH3 is 1. The first-order valence-electron chi connectivity index (χ1n) is 7.06. The summed E-state index contributed by atoms with van der Waals surface area (Å²) in [5, 5.41) is 0. The molecule has 0 aliphatic heterocycles. The van der Waals surface area contributed by atoms with Gasteiger partial charge in [0.15, 0.2) is 6.26 Å². The predicted molar refractivity (Wildman–Crippen MR) is 78.8 cm³/mol. The fourth-order valence-corrected chi connectivity index (χ4v) is 1.87. The van der Waals surface area contributed by atoms with Crippen LogP contribution in [0.4, 0.5) is 0 Å². The first-order valence-corrected chi connectivity index (χ1v) is 7.06. The Balaban J connectivity index is 2.49. The van der Waals surface area contributed by atoms with Crippen LogP contribution in [0.5, 0.6) is 5.75 Å². The summed E-state index contributed by atoms with van der Waals surface area (Å²) in [7, 11) is 1.58. The van der Waals surface area contributed by atoms with Crippen molar-refractivity contribution in [2.24, 2.45) is 5.92 Å². The van der Waals surface area contributed by atoms with Crippen molar-refractivity contribution in [2.45, 2.75) is 39.5 Å². The molecule has 0 amide bonds. The Labute approximate surface area is 117 Å². The van der Waals surface area contributed by atoms with Crippen molar-refractivity contribution in [3.05, 3.63) is 36.1 Å². The zero-order chi connectivity index (χ0) is 13.9. The topological polar surface area (TPSA) is 18.5 Å². The predicted octanol–water partition coefficient (Wildman–Crippen LogP) is 4.50. The quantitative estimate of drug-likeness (QED) is 0.608. The molecule has 0 saturated carbocycles. The first-order chi connectivity index (χ1) is 9.30. The molecule has 1 atom stereocenters. The highest BCUT2D eigenvalue weighted by Crippen LogP contribution is 2.18. The SMILES string of the molecule is CCCCC(CC)COc1cc[c]c(C=[C]OC)c1. The Morgan fingerprint density at radius 2 is 2.26 bits per heavy atom. The number of ether oxygens (including phenoxy) is 2. The van der Waals surface area contributed by atoms with Crippen LogP contribution in [-0.2, 0) is 4.74 Å². The number of hydrogen-bond donors (Lipinski definition) is 0. The number of benzene rings is 1. The smallest absolute Gasteiger partial charge is 0.161 e. The second-order valence-electron chi connectivity index (χ2n) is 4.67. The van der Waals surface area contributed by atoms with Gasteiger partial charge >= 0.3 is 0 Å². The van der Waals surface area contributed by atoms with E-state index in [-0.39, 0.29) is 0 Å². The highest BCUT2D eigenvalue weighted by Gasteiger charge is 2.06. The molecule has 0 spiro atoms. The minimum absolute atomic E-state index is 0.647. The molecule has 0 aliphatic carbocycles. The molecular weight excluding hydrogens is 236 g/mol. The van der Waals surface area contributed by atoms with Gasteiger partial charge < -0.3 is 9.47 Å². The van der Waals surface area contributed by atoms with Crippen LogP contribution in [0.1, 0.15) is 45.1 Å². The molecule has 0 aromatic heterocycles. The summed E-state index contributed by atoms with van der Waals surface area (Å²) in [4.78, 5) is 0. The molecule has 2 heteroatoms. The summed E-state index contributed by atoms with van der Waals surface area (Å²) >= 11 is 0. The summed E-state index contributed by atoms with van der Waals surface area (Å²) in [5.74, 6) is 1.53. The average molecular weight is 260 g/mol. The fourth-order valence-electron chi connectivity index (χ4n) is 1.87. The molecule has 0 aliphatic rings. The second kappa shape index (κ2) is 9.48. The third kappa shape index (κ3) is 6.32. The van der Waals surface area contributed by atoms with Gasteiger partial charge in [-0.3, -0.25) is 0 Å². The summed E-state index contributed by atoms with van der Waals surface area (Å²) in [6, 6.07) is 8.87. The third-order valence-corrected chi connectivity index (χ3v) is 3.16. The highest BCUT2D eigenvalue weighted by atomic mass is 16.5. The largest absolute Gasteiger partial charge is 0.493 e. The van der Waals surface area contributed by atoms with Crippen molar-refractivity contribution in [2.75, 3.05) is 13.7 Å². The van der Waals surface area contributed by atoms with Gasteiger partial charge in [0.2, 0.25) is 0 Å². The molecule has 1 aromatic carbocycles. The van der Waals surface area contributed by atoms with Gasteiger partial charge in [-0.15, -0.1) is 0 Å². The van der Waals surface area contributed by atoms with Gasteiger partial charge in [0, 0.05) is 0 Å². The normalized spacial score (nSPS) is 12.6. The van der Waals surface area contributed by atoms with Crippen LogP contribution in [0.3, 0.4) is 0 Å². The molecule has 0 bridgehead atoms. The molecule has 19 heavy (non-hydrogen) atoms. The molecule has 2 nitrogen and oxygen atoms in total. The molecule has 104 valence electrons. The van der Waals surface area contributed by atoms with Gasteiger partial charge in [-0.05, 0) is 42.2 Å². The van der Waals surface area contributed by atoms with Crippen LogP contribution in [-0.4, -0.2) is 13.7 Å². The molecule has 1 rings (SSSR count). The van der Waals surface area contributed by atoms with Gasteiger partial charge in [-0.1, -0.05) is 39.2 Å². The lowest BCUT2D eigenvalue weighted by molar-refractivity contribution is 0.233. The van der Waals surface area contributed by atoms with E-state index in [1.54, 1.807) is 13.2 Å². The van der Waals surface area contributed by atoms with Crippen molar-refractivity contribution in [1.82, 2.24) is 0 Å². The Morgan fingerprint density at radius 3 is 2.95 bits per heavy atom. The van der Waals surface area contributed by atoms with Gasteiger partial charge in [0.25, 0.3) is 0 Å². The lowest BCUT2D eigenvalue weighted by Crippen LogP contribution is -2.11. The minimum atomic E-state index is 0.647. The van der Waals surface area contributed by atoms with Crippen LogP contribution in [0.2, 0.25) is 0 Å². The van der Waals surface area contributed by atoms with Crippen LogP contribution < -0.4 is 4.74 Å². The highest BCUT2D eigenvalue weighted by molar-refractivity contribution is 5.48. The monoisotopic (exact) mass is 260 g/mol. The third-order valence-electron chi connectivity index (χ3n) is 3.16. The lowest BCUT2D eigenvalue weighted by atomic mass is 10.0. The molecular formula is C17H24O2. The van der Waals surface area contributed by atoms with E-state index in [4.69, 9.17) is 9.47 Å². The van der Waals surface area contributed by atoms with E-state index in [1.165, 1.54) is 25.7 Å². The van der Waals surface area contributed by atoms with Crippen molar-refractivity contribution in [3.63, 3.8) is 0 Å². The summed E-state index contributed by atoms with van der Waals surface area (Å²) in [5.41, 5.74) is 0.918. The average Bonchev–Trinajstić information content (AvgIpc) is 2.46. The van der Waals surface area contributed by atoms with Crippen molar-refractivity contribution >= 4 is 6.08 Å². The molecule has 2 radical (unpaired) electrons. The van der Waals surface area contributed by atoms with Gasteiger partial charge in [0.05, 0.1) is 13.7 Å². The summed E-state index contributed by atoms with van der Waals surface area (Å²) in [6.07, 6.45) is 9.38. The summed E-state index contributed by atoms with van der Waals surface area (Å²) in [6.45, 7) is 5.24. The van der Waals surface area contributed by atoms with Gasteiger partial charge in [-0.25, -0.2) is 0 Å². The standard InChI is InChI=1S/C17H24O2/c1-4-6-8-15(5-2)14-19-17-10-7-9-16(13-17)11-12-18-3/h7,10-11,13,15H,4-6,8,14H2,1-3H3. The summed E-state index contributed by atoms with van der Waals surface area (Å²) < 4.78 is 10.6. The van der Waals surface area contributed by atoms with Gasteiger partial charge in [0.1, 0.15) is 5.75 Å². The Bertz CT molecular complexity index is 371. The van der Waals surface area contributed by atoms with E-state index in [0.717, 1.165) is 17.9 Å². The Kier molecular flexibility index (Phi) is 7.80. The van der Waals surface area contributed by atoms with Crippen molar-refractivity contribution in [3.8, 4) is 5.75 Å². The number of rotatable bonds is 9. The van der Waals surface area contributed by atoms with E-state index in [1.807, 2.05) is 18.2 Å². The lowest BCUT2D eigenvalue weighted by Gasteiger charge is -2.15. The number of hydrogen-bond acceptors (Lipinski definition) is 2. The minimum Gasteiger partial charge on any atom is -0.493 e. The second-order valence-corrected chi connectivity index (χ2v) is 4.67. The van der Waals surface area contributed by atoms with E-state index >= 15 is 0 Å². The zero-order valence-electron chi connectivity index (χ0n) is 12.2. The molecule has 0 fully saturated rings. The maximum atomic E-state index is 5.87. The van der Waals surface area contributed by atoms with E-state index in [0.29, 0.717) is 5.92 Å². The number of unbranched alkanes of at least 4 members (excludes halogenated alkanes) is 1. The van der Waals surface area contributed by atoms with E-state index < -0.39 is 0 Å².